The molecule has 0 unspecified atom stereocenters. The SMILES string of the molecule is CCOC(=O)c1cc(NC(=O)CNC(=O)CNC(=O)OCC2c3ccccc3-c3ccccc32)n[nH]1. The van der Waals surface area contributed by atoms with E-state index in [9.17, 15) is 19.2 Å². The van der Waals surface area contributed by atoms with Crippen LogP contribution in [0.3, 0.4) is 0 Å². The lowest BCUT2D eigenvalue weighted by molar-refractivity contribution is -0.123. The maximum absolute atomic E-state index is 12.2. The number of aromatic nitrogens is 2. The predicted molar refractivity (Wildman–Crippen MR) is 129 cm³/mol. The van der Waals surface area contributed by atoms with Crippen molar-refractivity contribution in [3.8, 4) is 11.1 Å². The van der Waals surface area contributed by atoms with Gasteiger partial charge in [-0.3, -0.25) is 14.7 Å². The topological polar surface area (TPSA) is 152 Å². The minimum absolute atomic E-state index is 0.0866. The molecule has 1 heterocycles. The smallest absolute Gasteiger partial charge is 0.407 e. The molecule has 11 heteroatoms. The van der Waals surface area contributed by atoms with E-state index in [0.29, 0.717) is 0 Å². The van der Waals surface area contributed by atoms with Crippen LogP contribution in [0.1, 0.15) is 34.5 Å². The molecule has 186 valence electrons. The molecule has 1 aliphatic carbocycles. The lowest BCUT2D eigenvalue weighted by Crippen LogP contribution is -2.40. The molecule has 2 aromatic carbocycles. The molecule has 0 atom stereocenters. The van der Waals surface area contributed by atoms with Crippen LogP contribution in [0.4, 0.5) is 10.6 Å². The highest BCUT2D eigenvalue weighted by Gasteiger charge is 2.29. The predicted octanol–water partition coefficient (Wildman–Crippen LogP) is 2.18. The Morgan fingerprint density at radius 3 is 2.19 bits per heavy atom. The molecule has 0 spiro atoms. The number of rotatable bonds is 9. The molecule has 0 aliphatic heterocycles. The van der Waals surface area contributed by atoms with Gasteiger partial charge < -0.3 is 25.4 Å². The van der Waals surface area contributed by atoms with Gasteiger partial charge in [-0.1, -0.05) is 48.5 Å². The van der Waals surface area contributed by atoms with Gasteiger partial charge in [-0.15, -0.1) is 0 Å². The number of amides is 3. The third-order valence-corrected chi connectivity index (χ3v) is 5.52. The number of benzene rings is 2. The highest BCUT2D eigenvalue weighted by molar-refractivity contribution is 5.95. The Kier molecular flexibility index (Phi) is 7.59. The Morgan fingerprint density at radius 2 is 1.53 bits per heavy atom. The zero-order chi connectivity index (χ0) is 25.5. The van der Waals surface area contributed by atoms with Gasteiger partial charge in [0.2, 0.25) is 11.8 Å². The Bertz CT molecular complexity index is 1240. The van der Waals surface area contributed by atoms with Gasteiger partial charge in [-0.25, -0.2) is 9.59 Å². The highest BCUT2D eigenvalue weighted by Crippen LogP contribution is 2.44. The fourth-order valence-electron chi connectivity index (χ4n) is 3.93. The quantitative estimate of drug-likeness (QED) is 0.335. The normalized spacial score (nSPS) is 11.7. The lowest BCUT2D eigenvalue weighted by Gasteiger charge is -2.14. The molecule has 4 N–H and O–H groups in total. The Labute approximate surface area is 206 Å². The van der Waals surface area contributed by atoms with E-state index in [0.717, 1.165) is 22.3 Å². The van der Waals surface area contributed by atoms with Gasteiger partial charge in [-0.2, -0.15) is 5.10 Å². The van der Waals surface area contributed by atoms with Gasteiger partial charge in [0, 0.05) is 12.0 Å². The van der Waals surface area contributed by atoms with E-state index in [1.165, 1.54) is 6.07 Å². The summed E-state index contributed by atoms with van der Waals surface area (Å²) in [5, 5.41) is 13.4. The van der Waals surface area contributed by atoms with Gasteiger partial charge in [0.05, 0.1) is 13.2 Å². The van der Waals surface area contributed by atoms with E-state index in [2.05, 4.69) is 26.1 Å². The van der Waals surface area contributed by atoms with Crippen molar-refractivity contribution in [3.63, 3.8) is 0 Å². The number of ether oxygens (including phenoxy) is 2. The largest absolute Gasteiger partial charge is 0.461 e. The molecule has 11 nitrogen and oxygen atoms in total. The first-order chi connectivity index (χ1) is 17.5. The average Bonchev–Trinajstić information content (AvgIpc) is 3.48. The van der Waals surface area contributed by atoms with Gasteiger partial charge in [0.1, 0.15) is 18.8 Å². The average molecular weight is 492 g/mol. The third-order valence-electron chi connectivity index (χ3n) is 5.52. The second kappa shape index (κ2) is 11.2. The molecule has 3 aromatic rings. The highest BCUT2D eigenvalue weighted by atomic mass is 16.5. The number of hydrogen-bond donors (Lipinski definition) is 4. The van der Waals surface area contributed by atoms with Crippen LogP contribution in [-0.4, -0.2) is 60.4 Å². The van der Waals surface area contributed by atoms with Crippen LogP contribution >= 0.6 is 0 Å². The van der Waals surface area contributed by atoms with Crippen molar-refractivity contribution in [3.05, 3.63) is 71.4 Å². The first kappa shape index (κ1) is 24.5. The Hall–Kier alpha value is -4.67. The lowest BCUT2D eigenvalue weighted by atomic mass is 9.98. The summed E-state index contributed by atoms with van der Waals surface area (Å²) >= 11 is 0. The minimum atomic E-state index is -0.737. The van der Waals surface area contributed by atoms with Crippen LogP contribution in [-0.2, 0) is 19.1 Å². The summed E-state index contributed by atoms with van der Waals surface area (Å²) in [7, 11) is 0. The van der Waals surface area contributed by atoms with Crippen LogP contribution in [0.5, 0.6) is 0 Å². The number of anilines is 1. The number of H-pyrrole nitrogens is 1. The van der Waals surface area contributed by atoms with Crippen LogP contribution < -0.4 is 16.0 Å². The second-order valence-corrected chi connectivity index (χ2v) is 7.89. The molecule has 4 rings (SSSR count). The monoisotopic (exact) mass is 491 g/mol. The van der Waals surface area contributed by atoms with E-state index in [1.54, 1.807) is 6.92 Å². The number of hydrogen-bond acceptors (Lipinski definition) is 7. The van der Waals surface area contributed by atoms with Crippen molar-refractivity contribution in [2.75, 3.05) is 31.6 Å². The molecule has 0 bridgehead atoms. The molecule has 0 saturated heterocycles. The fourth-order valence-corrected chi connectivity index (χ4v) is 3.93. The van der Waals surface area contributed by atoms with E-state index < -0.39 is 23.9 Å². The Balaban J connectivity index is 1.19. The van der Waals surface area contributed by atoms with Gasteiger partial charge in [-0.05, 0) is 29.2 Å². The Morgan fingerprint density at radius 1 is 0.889 bits per heavy atom. The van der Waals surface area contributed by atoms with Gasteiger partial charge in [0.15, 0.2) is 5.82 Å². The number of fused-ring (bicyclic) bond motifs is 3. The summed E-state index contributed by atoms with van der Waals surface area (Å²) in [6.07, 6.45) is -0.737. The first-order valence-corrected chi connectivity index (χ1v) is 11.3. The molecule has 36 heavy (non-hydrogen) atoms. The first-order valence-electron chi connectivity index (χ1n) is 11.3. The van der Waals surface area contributed by atoms with Crippen LogP contribution in [0.2, 0.25) is 0 Å². The number of aromatic amines is 1. The van der Waals surface area contributed by atoms with E-state index in [1.807, 2.05) is 48.5 Å². The van der Waals surface area contributed by atoms with Crippen molar-refractivity contribution in [2.45, 2.75) is 12.8 Å². The van der Waals surface area contributed by atoms with Crippen molar-refractivity contribution in [1.82, 2.24) is 20.8 Å². The number of alkyl carbamates (subject to hydrolysis) is 1. The number of nitrogens with one attached hydrogen (secondary N) is 4. The summed E-state index contributed by atoms with van der Waals surface area (Å²) < 4.78 is 10.2. The van der Waals surface area contributed by atoms with E-state index >= 15 is 0 Å². The zero-order valence-electron chi connectivity index (χ0n) is 19.5. The molecule has 0 fully saturated rings. The van der Waals surface area contributed by atoms with Crippen LogP contribution in [0, 0.1) is 0 Å². The zero-order valence-corrected chi connectivity index (χ0v) is 19.5. The number of carbonyl (C=O) groups excluding carboxylic acids is 4. The van der Waals surface area contributed by atoms with Crippen LogP contribution in [0.25, 0.3) is 11.1 Å². The van der Waals surface area contributed by atoms with Crippen molar-refractivity contribution in [2.24, 2.45) is 0 Å². The van der Waals surface area contributed by atoms with Crippen molar-refractivity contribution in [1.29, 1.82) is 0 Å². The second-order valence-electron chi connectivity index (χ2n) is 7.89. The molecular formula is C25H25N5O6. The maximum Gasteiger partial charge on any atom is 0.407 e. The summed E-state index contributed by atoms with van der Waals surface area (Å²) in [4.78, 5) is 47.8. The fraction of sp³-hybridized carbons (Fsp3) is 0.240. The summed E-state index contributed by atoms with van der Waals surface area (Å²) in [6.45, 7) is 1.28. The summed E-state index contributed by atoms with van der Waals surface area (Å²) in [5.74, 6) is -1.72. The third kappa shape index (κ3) is 5.69. The molecular weight excluding hydrogens is 466 g/mol. The van der Waals surface area contributed by atoms with E-state index in [4.69, 9.17) is 9.47 Å². The van der Waals surface area contributed by atoms with Crippen LogP contribution in [0.15, 0.2) is 54.6 Å². The summed E-state index contributed by atoms with van der Waals surface area (Å²) in [5.41, 5.74) is 4.49. The summed E-state index contributed by atoms with van der Waals surface area (Å²) in [6, 6.07) is 17.3. The van der Waals surface area contributed by atoms with Crippen molar-refractivity contribution < 1.29 is 28.7 Å². The number of esters is 1. The standard InChI is InChI=1S/C25H25N5O6/c1-2-35-24(33)20-11-21(30-29-20)28-23(32)13-26-22(31)12-27-25(34)36-14-19-17-9-5-3-7-15(17)16-8-4-6-10-18(16)19/h3-11,19H,2,12-14H2,1H3,(H,26,31)(H,27,34)(H2,28,29,30,32). The molecule has 0 radical (unpaired) electrons. The number of nitrogens with zero attached hydrogens (tertiary/aromatic N) is 1. The number of carbonyl (C=O) groups is 4. The molecule has 1 aliphatic rings. The van der Waals surface area contributed by atoms with Gasteiger partial charge in [0.25, 0.3) is 0 Å². The molecule has 0 saturated carbocycles. The molecule has 3 amide bonds. The van der Waals surface area contributed by atoms with Crippen molar-refractivity contribution >= 4 is 29.7 Å². The van der Waals surface area contributed by atoms with Gasteiger partial charge >= 0.3 is 12.1 Å². The van der Waals surface area contributed by atoms with E-state index in [-0.39, 0.29) is 43.7 Å². The molecule has 1 aromatic heterocycles. The maximum atomic E-state index is 12.2. The minimum Gasteiger partial charge on any atom is -0.461 e.